The molecular weight excluding hydrogens is 412 g/mol. The zero-order valence-electron chi connectivity index (χ0n) is 15.7. The zero-order chi connectivity index (χ0) is 16.5. The molecule has 0 fully saturated rings. The number of phenols is 1. The summed E-state index contributed by atoms with van der Waals surface area (Å²) in [5.41, 5.74) is 1.09. The summed E-state index contributed by atoms with van der Waals surface area (Å²) in [5, 5.41) is 9.58. The Kier molecular flexibility index (Phi) is 22.7. The van der Waals surface area contributed by atoms with Crippen molar-refractivity contribution in [3.05, 3.63) is 29.8 Å². The number of unbranched alkanes of at least 4 members (excludes halogenated alkanes) is 9. The van der Waals surface area contributed by atoms with Gasteiger partial charge in [-0.2, -0.15) is 0 Å². The van der Waals surface area contributed by atoms with E-state index in [9.17, 15) is 5.11 Å². The molecule has 0 aliphatic rings. The first-order valence-electron chi connectivity index (χ1n) is 9.53. The molecule has 0 heterocycles. The Morgan fingerprint density at radius 1 is 0.652 bits per heavy atom. The number of hydrogen-bond acceptors (Lipinski definition) is 1. The minimum atomic E-state index is 0. The van der Waals surface area contributed by atoms with Gasteiger partial charge < -0.3 is 5.11 Å². The van der Waals surface area contributed by atoms with Crippen LogP contribution in [0, 0.1) is 40.8 Å². The van der Waals surface area contributed by atoms with Crippen LogP contribution in [0.3, 0.4) is 0 Å². The van der Waals surface area contributed by atoms with Crippen LogP contribution >= 0.6 is 0 Å². The van der Waals surface area contributed by atoms with Crippen molar-refractivity contribution < 1.29 is 45.9 Å². The summed E-state index contributed by atoms with van der Waals surface area (Å²) in [4.78, 5) is 0. The van der Waals surface area contributed by atoms with E-state index in [1.54, 1.807) is 6.07 Å². The fraction of sp³-hybridized carbons (Fsp3) is 0.714. The van der Waals surface area contributed by atoms with Gasteiger partial charge in [0.05, 0.1) is 0 Å². The number of aromatic hydroxyl groups is 1. The molecule has 132 valence electrons. The largest absolute Gasteiger partial charge is 0.508 e. The maximum atomic E-state index is 9.58. The standard InChI is InChI=1S/C15H24O.C6H14.Nd/c1-2-3-4-5-6-7-8-11-14-12-9-10-13-15(14)16;1-3-5-6-4-2;/h9-10,12-13,16H,2-8,11H2,1H3;3-6H2,1-2H3;. The molecule has 0 aliphatic heterocycles. The Labute approximate surface area is 178 Å². The van der Waals surface area contributed by atoms with E-state index in [4.69, 9.17) is 0 Å². The van der Waals surface area contributed by atoms with Gasteiger partial charge in [-0.3, -0.25) is 0 Å². The number of hydrogen-bond donors (Lipinski definition) is 1. The minimum absolute atomic E-state index is 0. The van der Waals surface area contributed by atoms with Gasteiger partial charge in [-0.25, -0.2) is 0 Å². The van der Waals surface area contributed by atoms with Crippen molar-refractivity contribution in [1.82, 2.24) is 0 Å². The van der Waals surface area contributed by atoms with E-state index in [-0.39, 0.29) is 40.8 Å². The van der Waals surface area contributed by atoms with Gasteiger partial charge in [0.1, 0.15) is 5.75 Å². The number of benzene rings is 1. The van der Waals surface area contributed by atoms with Crippen molar-refractivity contribution in [3.63, 3.8) is 0 Å². The summed E-state index contributed by atoms with van der Waals surface area (Å²) in [5.74, 6) is 0.452. The fourth-order valence-electron chi connectivity index (χ4n) is 2.49. The molecule has 1 rings (SSSR count). The quantitative estimate of drug-likeness (QED) is 0.351. The smallest absolute Gasteiger partial charge is 0.118 e. The van der Waals surface area contributed by atoms with E-state index >= 15 is 0 Å². The maximum absolute atomic E-state index is 9.58. The molecule has 1 aromatic carbocycles. The zero-order valence-corrected chi connectivity index (χ0v) is 18.9. The average molecular weight is 451 g/mol. The van der Waals surface area contributed by atoms with Crippen LogP contribution in [0.4, 0.5) is 0 Å². The van der Waals surface area contributed by atoms with Crippen LogP contribution in [-0.4, -0.2) is 5.11 Å². The van der Waals surface area contributed by atoms with Crippen molar-refractivity contribution in [2.45, 2.75) is 97.8 Å². The molecule has 2 heteroatoms. The van der Waals surface area contributed by atoms with Crippen LogP contribution in [0.1, 0.15) is 97.0 Å². The number of phenolic OH excluding ortho intramolecular Hbond substituents is 1. The second kappa shape index (κ2) is 20.4. The molecule has 0 bridgehead atoms. The monoisotopic (exact) mass is 448 g/mol. The molecule has 0 saturated heterocycles. The first kappa shape index (κ1) is 25.6. The SMILES string of the molecule is CCCCCC.CCCCCCCCCc1ccccc1O.[Nd]. The van der Waals surface area contributed by atoms with Crippen LogP contribution in [0.15, 0.2) is 24.3 Å². The molecule has 0 saturated carbocycles. The van der Waals surface area contributed by atoms with Gasteiger partial charge in [0, 0.05) is 40.8 Å². The van der Waals surface area contributed by atoms with E-state index < -0.39 is 0 Å². The summed E-state index contributed by atoms with van der Waals surface area (Å²) in [6, 6.07) is 7.67. The Morgan fingerprint density at radius 2 is 1.09 bits per heavy atom. The van der Waals surface area contributed by atoms with Crippen molar-refractivity contribution in [3.8, 4) is 5.75 Å². The predicted octanol–water partition coefficient (Wildman–Crippen LogP) is 7.27. The van der Waals surface area contributed by atoms with E-state index in [2.05, 4.69) is 20.8 Å². The van der Waals surface area contributed by atoms with Gasteiger partial charge in [-0.15, -0.1) is 0 Å². The van der Waals surface area contributed by atoms with E-state index in [1.807, 2.05) is 18.2 Å². The normalized spacial score (nSPS) is 9.70. The summed E-state index contributed by atoms with van der Waals surface area (Å²) in [6.45, 7) is 6.71. The van der Waals surface area contributed by atoms with Gasteiger partial charge in [0.15, 0.2) is 0 Å². The molecule has 1 aromatic rings. The molecule has 0 unspecified atom stereocenters. The number of para-hydroxylation sites is 1. The third-order valence-electron chi connectivity index (χ3n) is 4.00. The summed E-state index contributed by atoms with van der Waals surface area (Å²) in [6.07, 6.45) is 15.8. The Bertz CT molecular complexity index is 334. The summed E-state index contributed by atoms with van der Waals surface area (Å²) < 4.78 is 0. The molecule has 0 aromatic heterocycles. The third-order valence-corrected chi connectivity index (χ3v) is 4.00. The summed E-state index contributed by atoms with van der Waals surface area (Å²) in [7, 11) is 0. The molecule has 0 atom stereocenters. The van der Waals surface area contributed by atoms with Crippen LogP contribution in [-0.2, 0) is 6.42 Å². The van der Waals surface area contributed by atoms with Gasteiger partial charge in [0.25, 0.3) is 0 Å². The van der Waals surface area contributed by atoms with Gasteiger partial charge in [-0.05, 0) is 24.5 Å². The number of rotatable bonds is 11. The van der Waals surface area contributed by atoms with E-state index in [0.29, 0.717) is 5.75 Å². The van der Waals surface area contributed by atoms with Gasteiger partial charge in [0.2, 0.25) is 0 Å². The Hall–Kier alpha value is 0.371. The molecule has 0 radical (unpaired) electrons. The second-order valence-electron chi connectivity index (χ2n) is 6.21. The van der Waals surface area contributed by atoms with Crippen LogP contribution in [0.2, 0.25) is 0 Å². The van der Waals surface area contributed by atoms with Crippen LogP contribution in [0.5, 0.6) is 5.75 Å². The molecule has 0 amide bonds. The second-order valence-corrected chi connectivity index (χ2v) is 6.21. The van der Waals surface area contributed by atoms with Gasteiger partial charge in [-0.1, -0.05) is 103 Å². The van der Waals surface area contributed by atoms with Crippen LogP contribution in [0.25, 0.3) is 0 Å². The van der Waals surface area contributed by atoms with E-state index in [1.165, 1.54) is 70.6 Å². The first-order valence-corrected chi connectivity index (χ1v) is 9.53. The molecule has 0 aliphatic carbocycles. The van der Waals surface area contributed by atoms with Crippen LogP contribution < -0.4 is 0 Å². The van der Waals surface area contributed by atoms with Crippen molar-refractivity contribution >= 4 is 0 Å². The fourth-order valence-corrected chi connectivity index (χ4v) is 2.49. The Morgan fingerprint density at radius 3 is 1.61 bits per heavy atom. The Balaban J connectivity index is 0. The molecule has 0 spiro atoms. The van der Waals surface area contributed by atoms with Crippen molar-refractivity contribution in [1.29, 1.82) is 0 Å². The molecule has 23 heavy (non-hydrogen) atoms. The third kappa shape index (κ3) is 17.0. The van der Waals surface area contributed by atoms with Crippen molar-refractivity contribution in [2.24, 2.45) is 0 Å². The minimum Gasteiger partial charge on any atom is -0.508 e. The van der Waals surface area contributed by atoms with E-state index in [0.717, 1.165) is 12.0 Å². The van der Waals surface area contributed by atoms with Gasteiger partial charge >= 0.3 is 0 Å². The topological polar surface area (TPSA) is 20.2 Å². The molecular formula is C21H38NdO. The molecule has 1 nitrogen and oxygen atoms in total. The first-order chi connectivity index (χ1) is 10.8. The number of aryl methyl sites for hydroxylation is 1. The summed E-state index contributed by atoms with van der Waals surface area (Å²) >= 11 is 0. The average Bonchev–Trinajstić information content (AvgIpc) is 2.54. The predicted molar refractivity (Wildman–Crippen MR) is 99.6 cm³/mol. The van der Waals surface area contributed by atoms with Crippen molar-refractivity contribution in [2.75, 3.05) is 0 Å². The molecule has 1 N–H and O–H groups in total. The maximum Gasteiger partial charge on any atom is 0.118 e.